The van der Waals surface area contributed by atoms with Gasteiger partial charge in [-0.15, -0.1) is 0 Å². The van der Waals surface area contributed by atoms with Gasteiger partial charge in [0.25, 0.3) is 0 Å². The van der Waals surface area contributed by atoms with E-state index in [9.17, 15) is 9.18 Å². The van der Waals surface area contributed by atoms with E-state index in [4.69, 9.17) is 0 Å². The summed E-state index contributed by atoms with van der Waals surface area (Å²) in [5, 5.41) is 0. The van der Waals surface area contributed by atoms with Crippen molar-refractivity contribution in [3.05, 3.63) is 28.5 Å². The summed E-state index contributed by atoms with van der Waals surface area (Å²) in [7, 11) is 0. The molecule has 1 aliphatic rings. The SMILES string of the molecule is O=C1C(Br)CCCN1c1cc(F)ccc1Br. The molecule has 0 saturated carbocycles. The molecule has 0 spiro atoms. The Morgan fingerprint density at radius 2 is 2.19 bits per heavy atom. The summed E-state index contributed by atoms with van der Waals surface area (Å²) in [5.74, 6) is -0.333. The first-order valence-corrected chi connectivity index (χ1v) is 6.71. The molecule has 5 heteroatoms. The zero-order valence-corrected chi connectivity index (χ0v) is 11.6. The maximum atomic E-state index is 13.2. The van der Waals surface area contributed by atoms with Gasteiger partial charge in [0.2, 0.25) is 5.91 Å². The smallest absolute Gasteiger partial charge is 0.240 e. The van der Waals surface area contributed by atoms with Crippen molar-refractivity contribution in [1.82, 2.24) is 0 Å². The van der Waals surface area contributed by atoms with E-state index in [1.54, 1.807) is 11.0 Å². The Balaban J connectivity index is 2.35. The van der Waals surface area contributed by atoms with E-state index in [-0.39, 0.29) is 16.6 Å². The van der Waals surface area contributed by atoms with Crippen LogP contribution in [0.1, 0.15) is 12.8 Å². The average Bonchev–Trinajstić information content (AvgIpc) is 2.26. The molecule has 0 aliphatic carbocycles. The third-order valence-electron chi connectivity index (χ3n) is 2.57. The minimum Gasteiger partial charge on any atom is -0.310 e. The average molecular weight is 351 g/mol. The molecule has 1 amide bonds. The molecule has 1 aromatic rings. The highest BCUT2D eigenvalue weighted by molar-refractivity contribution is 9.10. The largest absolute Gasteiger partial charge is 0.310 e. The van der Waals surface area contributed by atoms with Crippen LogP contribution in [0.2, 0.25) is 0 Å². The summed E-state index contributed by atoms with van der Waals surface area (Å²) in [6.45, 7) is 0.642. The van der Waals surface area contributed by atoms with Gasteiger partial charge in [-0.3, -0.25) is 4.79 Å². The maximum Gasteiger partial charge on any atom is 0.240 e. The fourth-order valence-corrected chi connectivity index (χ4v) is 2.79. The maximum absolute atomic E-state index is 13.2. The highest BCUT2D eigenvalue weighted by atomic mass is 79.9. The van der Waals surface area contributed by atoms with Gasteiger partial charge in [0.1, 0.15) is 5.82 Å². The number of carbonyl (C=O) groups is 1. The van der Waals surface area contributed by atoms with Gasteiger partial charge < -0.3 is 4.90 Å². The van der Waals surface area contributed by atoms with E-state index >= 15 is 0 Å². The Kier molecular flexibility index (Phi) is 3.64. The molecule has 2 rings (SSSR count). The summed E-state index contributed by atoms with van der Waals surface area (Å²) in [6.07, 6.45) is 1.76. The van der Waals surface area contributed by atoms with E-state index in [1.165, 1.54) is 12.1 Å². The molecule has 0 N–H and O–H groups in total. The van der Waals surface area contributed by atoms with E-state index in [0.717, 1.165) is 17.3 Å². The number of halogens is 3. The van der Waals surface area contributed by atoms with Crippen LogP contribution in [0.3, 0.4) is 0 Å². The highest BCUT2D eigenvalue weighted by Gasteiger charge is 2.28. The minimum atomic E-state index is -0.331. The molecule has 1 aromatic carbocycles. The number of hydrogen-bond acceptors (Lipinski definition) is 1. The lowest BCUT2D eigenvalue weighted by molar-refractivity contribution is -0.118. The number of nitrogens with zero attached hydrogens (tertiary/aromatic N) is 1. The van der Waals surface area contributed by atoms with Crippen LogP contribution in [0.15, 0.2) is 22.7 Å². The van der Waals surface area contributed by atoms with Crippen LogP contribution in [0.5, 0.6) is 0 Å². The van der Waals surface area contributed by atoms with Gasteiger partial charge in [0, 0.05) is 11.0 Å². The second-order valence-electron chi connectivity index (χ2n) is 3.70. The zero-order valence-electron chi connectivity index (χ0n) is 8.42. The van der Waals surface area contributed by atoms with Crippen molar-refractivity contribution in [2.45, 2.75) is 17.7 Å². The van der Waals surface area contributed by atoms with Crippen LogP contribution in [-0.4, -0.2) is 17.3 Å². The predicted octanol–water partition coefficient (Wildman–Crippen LogP) is 3.48. The lowest BCUT2D eigenvalue weighted by Crippen LogP contribution is -2.42. The lowest BCUT2D eigenvalue weighted by atomic mass is 10.1. The molecule has 0 bridgehead atoms. The summed E-state index contributed by atoms with van der Waals surface area (Å²) in [6, 6.07) is 4.37. The third kappa shape index (κ3) is 2.30. The second-order valence-corrected chi connectivity index (χ2v) is 5.66. The number of hydrogen-bond donors (Lipinski definition) is 0. The molecule has 1 unspecified atom stereocenters. The van der Waals surface area contributed by atoms with Crippen LogP contribution in [0.4, 0.5) is 10.1 Å². The van der Waals surface area contributed by atoms with Crippen LogP contribution in [-0.2, 0) is 4.79 Å². The standard InChI is InChI=1S/C11H10Br2FNO/c12-8-4-3-7(14)6-10(8)15-5-1-2-9(13)11(15)16/h3-4,6,9H,1-2,5H2. The van der Waals surface area contributed by atoms with E-state index in [2.05, 4.69) is 31.9 Å². The molecule has 1 aliphatic heterocycles. The number of anilines is 1. The fourth-order valence-electron chi connectivity index (χ4n) is 1.76. The zero-order chi connectivity index (χ0) is 11.7. The van der Waals surface area contributed by atoms with Gasteiger partial charge in [-0.25, -0.2) is 4.39 Å². The Morgan fingerprint density at radius 1 is 1.44 bits per heavy atom. The van der Waals surface area contributed by atoms with Gasteiger partial charge in [-0.1, -0.05) is 15.9 Å². The summed E-state index contributed by atoms with van der Waals surface area (Å²) in [5.41, 5.74) is 0.606. The molecule has 1 fully saturated rings. The Labute approximate surface area is 110 Å². The van der Waals surface area contributed by atoms with Crippen molar-refractivity contribution < 1.29 is 9.18 Å². The molecule has 0 aromatic heterocycles. The van der Waals surface area contributed by atoms with Gasteiger partial charge in [-0.05, 0) is 47.0 Å². The van der Waals surface area contributed by atoms with Crippen LogP contribution >= 0.6 is 31.9 Å². The number of benzene rings is 1. The normalized spacial score (nSPS) is 21.3. The van der Waals surface area contributed by atoms with Crippen LogP contribution < -0.4 is 4.90 Å². The van der Waals surface area contributed by atoms with Gasteiger partial charge in [0.05, 0.1) is 10.5 Å². The Bertz CT molecular complexity index is 424. The molecule has 86 valence electrons. The van der Waals surface area contributed by atoms with Gasteiger partial charge in [-0.2, -0.15) is 0 Å². The quantitative estimate of drug-likeness (QED) is 0.710. The molecule has 2 nitrogen and oxygen atoms in total. The number of amides is 1. The van der Waals surface area contributed by atoms with E-state index in [0.29, 0.717) is 12.2 Å². The molecular weight excluding hydrogens is 341 g/mol. The van der Waals surface area contributed by atoms with Gasteiger partial charge >= 0.3 is 0 Å². The Morgan fingerprint density at radius 3 is 2.94 bits per heavy atom. The predicted molar refractivity (Wildman–Crippen MR) is 68.4 cm³/mol. The van der Waals surface area contributed by atoms with Crippen molar-refractivity contribution in [3.63, 3.8) is 0 Å². The first kappa shape index (κ1) is 12.0. The van der Waals surface area contributed by atoms with Crippen molar-refractivity contribution in [1.29, 1.82) is 0 Å². The van der Waals surface area contributed by atoms with Crippen molar-refractivity contribution in [3.8, 4) is 0 Å². The first-order valence-electron chi connectivity index (χ1n) is 5.00. The topological polar surface area (TPSA) is 20.3 Å². The van der Waals surface area contributed by atoms with Crippen molar-refractivity contribution in [2.75, 3.05) is 11.4 Å². The number of carbonyl (C=O) groups excluding carboxylic acids is 1. The first-order chi connectivity index (χ1) is 7.59. The molecular formula is C11H10Br2FNO. The second kappa shape index (κ2) is 4.84. The van der Waals surface area contributed by atoms with Crippen molar-refractivity contribution >= 4 is 43.5 Å². The molecule has 16 heavy (non-hydrogen) atoms. The highest BCUT2D eigenvalue weighted by Crippen LogP contribution is 2.31. The molecule has 1 saturated heterocycles. The Hall–Kier alpha value is -0.420. The summed E-state index contributed by atoms with van der Waals surface area (Å²) in [4.78, 5) is 13.4. The third-order valence-corrected chi connectivity index (χ3v) is 4.09. The number of rotatable bonds is 1. The van der Waals surface area contributed by atoms with Crippen molar-refractivity contribution in [2.24, 2.45) is 0 Å². The van der Waals surface area contributed by atoms with Crippen LogP contribution in [0.25, 0.3) is 0 Å². The summed E-state index contributed by atoms with van der Waals surface area (Å²) >= 11 is 6.67. The molecule has 1 atom stereocenters. The number of alkyl halides is 1. The minimum absolute atomic E-state index is 0.00227. The molecule has 1 heterocycles. The summed E-state index contributed by atoms with van der Waals surface area (Å²) < 4.78 is 13.9. The van der Waals surface area contributed by atoms with Gasteiger partial charge in [0.15, 0.2) is 0 Å². The molecule has 0 radical (unpaired) electrons. The van der Waals surface area contributed by atoms with E-state index in [1.807, 2.05) is 0 Å². The number of piperidine rings is 1. The van der Waals surface area contributed by atoms with Crippen LogP contribution in [0, 0.1) is 5.82 Å². The fraction of sp³-hybridized carbons (Fsp3) is 0.364. The van der Waals surface area contributed by atoms with E-state index < -0.39 is 0 Å². The monoisotopic (exact) mass is 349 g/mol. The lowest BCUT2D eigenvalue weighted by Gasteiger charge is -2.30.